The quantitative estimate of drug-likeness (QED) is 0.0803. The highest BCUT2D eigenvalue weighted by atomic mass is 35.5. The van der Waals surface area contributed by atoms with Gasteiger partial charge in [-0.05, 0) is 106 Å². The molecule has 0 saturated carbocycles. The number of aliphatic hydroxyl groups excluding tert-OH is 1. The molecule has 1 amide bonds. The van der Waals surface area contributed by atoms with Gasteiger partial charge in [-0.1, -0.05) is 35.3 Å². The Labute approximate surface area is 281 Å². The van der Waals surface area contributed by atoms with E-state index in [1.54, 1.807) is 24.3 Å². The molecule has 2 aliphatic heterocycles. The largest absolute Gasteiger partial charge is 0.396 e. The molecule has 0 aromatic heterocycles. The Kier molecular flexibility index (Phi) is 14.7. The Bertz CT molecular complexity index is 1320. The van der Waals surface area contributed by atoms with Crippen LogP contribution in [0.25, 0.3) is 0 Å². The number of amides is 1. The second-order valence-corrected chi connectivity index (χ2v) is 14.9. The molecule has 2 aliphatic rings. The molecule has 0 spiro atoms. The Balaban J connectivity index is 1.25. The number of nitrogens with zero attached hydrogens (tertiary/aromatic N) is 3. The molecule has 14 heteroatoms. The van der Waals surface area contributed by atoms with Crippen molar-refractivity contribution in [2.45, 2.75) is 49.8 Å². The van der Waals surface area contributed by atoms with Crippen LogP contribution in [0.1, 0.15) is 44.1 Å². The van der Waals surface area contributed by atoms with Gasteiger partial charge in [-0.2, -0.15) is 0 Å². The van der Waals surface area contributed by atoms with Gasteiger partial charge < -0.3 is 14.9 Å². The zero-order valence-electron chi connectivity index (χ0n) is 25.7. The number of hydrogen-bond donors (Lipinski definition) is 2. The molecule has 2 heterocycles. The van der Waals surface area contributed by atoms with Crippen molar-refractivity contribution in [3.8, 4) is 0 Å². The number of piperidine rings is 2. The van der Waals surface area contributed by atoms with Crippen molar-refractivity contribution in [2.75, 3.05) is 64.4 Å². The number of anilines is 1. The van der Waals surface area contributed by atoms with Crippen molar-refractivity contribution in [1.29, 1.82) is 0 Å². The van der Waals surface area contributed by atoms with Gasteiger partial charge in [-0.3, -0.25) is 4.79 Å². The smallest absolute Gasteiger partial charge is 0.240 e. The van der Waals surface area contributed by atoms with Gasteiger partial charge in [0.05, 0.1) is 22.1 Å². The van der Waals surface area contributed by atoms with E-state index in [9.17, 15) is 13.2 Å². The van der Waals surface area contributed by atoms with Gasteiger partial charge in [-0.15, -0.1) is 4.33 Å². The maximum absolute atomic E-state index is 13.8. The first-order valence-corrected chi connectivity index (χ1v) is 18.4. The average Bonchev–Trinajstić information content (AvgIpc) is 3.04. The van der Waals surface area contributed by atoms with E-state index in [1.807, 2.05) is 23.1 Å². The van der Waals surface area contributed by atoms with Crippen LogP contribution in [0, 0.1) is 11.8 Å². The molecule has 2 aromatic carbocycles. The number of halogens is 2. The molecule has 2 aromatic rings. The summed E-state index contributed by atoms with van der Waals surface area (Å²) < 4.78 is 34.3. The lowest BCUT2D eigenvalue weighted by Gasteiger charge is -2.34. The second kappa shape index (κ2) is 18.2. The van der Waals surface area contributed by atoms with E-state index < -0.39 is 10.0 Å². The summed E-state index contributed by atoms with van der Waals surface area (Å²) in [6, 6.07) is 12.5. The van der Waals surface area contributed by atoms with Gasteiger partial charge in [0.1, 0.15) is 12.2 Å². The van der Waals surface area contributed by atoms with Crippen LogP contribution >= 0.6 is 35.4 Å². The van der Waals surface area contributed by atoms with Crippen molar-refractivity contribution in [3.63, 3.8) is 0 Å². The Morgan fingerprint density at radius 1 is 1.02 bits per heavy atom. The summed E-state index contributed by atoms with van der Waals surface area (Å²) in [6.07, 6.45) is 5.77. The zero-order valence-corrected chi connectivity index (χ0v) is 28.9. The number of hydrogen-bond acceptors (Lipinski definition) is 9. The molecule has 0 bridgehead atoms. The first-order chi connectivity index (χ1) is 21.7. The van der Waals surface area contributed by atoms with Gasteiger partial charge in [0.2, 0.25) is 15.9 Å². The van der Waals surface area contributed by atoms with Crippen LogP contribution in [0.5, 0.6) is 0 Å². The zero-order chi connectivity index (χ0) is 32.2. The number of sulfonamides is 1. The third-order valence-corrected chi connectivity index (χ3v) is 11.4. The molecule has 250 valence electrons. The van der Waals surface area contributed by atoms with E-state index in [-0.39, 0.29) is 29.9 Å². The lowest BCUT2D eigenvalue weighted by atomic mass is 9.90. The van der Waals surface area contributed by atoms with Crippen LogP contribution < -0.4 is 9.62 Å². The van der Waals surface area contributed by atoms with Crippen molar-refractivity contribution < 1.29 is 27.5 Å². The Morgan fingerprint density at radius 2 is 1.73 bits per heavy atom. The van der Waals surface area contributed by atoms with E-state index in [0.717, 1.165) is 82.5 Å². The summed E-state index contributed by atoms with van der Waals surface area (Å²) in [7, 11) is -2.09. The lowest BCUT2D eigenvalue weighted by molar-refractivity contribution is -0.164. The van der Waals surface area contributed by atoms with E-state index in [0.29, 0.717) is 28.9 Å². The van der Waals surface area contributed by atoms with Crippen LogP contribution in [0.3, 0.4) is 0 Å². The van der Waals surface area contributed by atoms with Crippen molar-refractivity contribution >= 4 is 57.0 Å². The van der Waals surface area contributed by atoms with Gasteiger partial charge in [0, 0.05) is 44.4 Å². The molecule has 0 radical (unpaired) electrons. The maximum Gasteiger partial charge on any atom is 0.240 e. The highest BCUT2D eigenvalue weighted by Crippen LogP contribution is 2.31. The van der Waals surface area contributed by atoms with E-state index >= 15 is 0 Å². The van der Waals surface area contributed by atoms with Gasteiger partial charge in [-0.25, -0.2) is 22.3 Å². The first-order valence-electron chi connectivity index (χ1n) is 15.5. The topological polar surface area (TPSA) is 112 Å². The van der Waals surface area contributed by atoms with Crippen LogP contribution in [-0.2, 0) is 30.5 Å². The lowest BCUT2D eigenvalue weighted by Crippen LogP contribution is -2.43. The van der Waals surface area contributed by atoms with Crippen LogP contribution in [-0.4, -0.2) is 88.2 Å². The Morgan fingerprint density at radius 3 is 2.38 bits per heavy atom. The number of nitrogens with one attached hydrogen (secondary N) is 1. The van der Waals surface area contributed by atoms with E-state index in [2.05, 4.69) is 18.8 Å². The predicted molar refractivity (Wildman–Crippen MR) is 180 cm³/mol. The van der Waals surface area contributed by atoms with Crippen molar-refractivity contribution in [3.05, 3.63) is 58.1 Å². The molecule has 2 saturated heterocycles. The average molecular weight is 704 g/mol. The van der Waals surface area contributed by atoms with Gasteiger partial charge in [0.15, 0.2) is 0 Å². The third-order valence-electron chi connectivity index (χ3n) is 8.44. The normalized spacial score (nSPS) is 17.5. The van der Waals surface area contributed by atoms with Crippen molar-refractivity contribution in [1.82, 2.24) is 13.9 Å². The molecule has 10 nitrogen and oxygen atoms in total. The summed E-state index contributed by atoms with van der Waals surface area (Å²) in [4.78, 5) is 23.0. The molecular weight excluding hydrogens is 659 g/mol. The summed E-state index contributed by atoms with van der Waals surface area (Å²) in [5.74, 6) is 0.578. The van der Waals surface area contributed by atoms with E-state index in [4.69, 9.17) is 32.6 Å². The standard InChI is InChI=1S/C31H44Cl2N4O6S2/c1-42-43-44-36-19-12-26(13-20-36)31(39)37(27-6-9-29(32)30(33)23-27)16-3-15-35-17-10-25(11-18-35)22-24-4-7-28(8-5-24)45(40,41)34-14-2-21-38/h4-9,23,25-26,34,38H,2-3,10-22H2,1H3. The first kappa shape index (κ1) is 36.4. The number of rotatable bonds is 16. The minimum absolute atomic E-state index is 0.0525. The van der Waals surface area contributed by atoms with E-state index in [1.165, 1.54) is 19.3 Å². The summed E-state index contributed by atoms with van der Waals surface area (Å²) in [5.41, 5.74) is 1.90. The highest BCUT2D eigenvalue weighted by molar-refractivity contribution is 7.92. The predicted octanol–water partition coefficient (Wildman–Crippen LogP) is 5.19. The van der Waals surface area contributed by atoms with Gasteiger partial charge >= 0.3 is 0 Å². The third kappa shape index (κ3) is 11.1. The van der Waals surface area contributed by atoms with Crippen LogP contribution in [0.2, 0.25) is 10.0 Å². The number of benzene rings is 2. The molecule has 0 aliphatic carbocycles. The highest BCUT2D eigenvalue weighted by Gasteiger charge is 2.30. The van der Waals surface area contributed by atoms with Crippen LogP contribution in [0.15, 0.2) is 47.4 Å². The van der Waals surface area contributed by atoms with Gasteiger partial charge in [0.25, 0.3) is 0 Å². The molecule has 0 atom stereocenters. The summed E-state index contributed by atoms with van der Waals surface area (Å²) in [6.45, 7) is 5.12. The minimum Gasteiger partial charge on any atom is -0.396 e. The maximum atomic E-state index is 13.8. The molecule has 0 unspecified atom stereocenters. The fourth-order valence-corrected chi connectivity index (χ4v) is 7.74. The summed E-state index contributed by atoms with van der Waals surface area (Å²) in [5, 5.41) is 9.79. The monoisotopic (exact) mass is 702 g/mol. The fraction of sp³-hybridized carbons (Fsp3) is 0.581. The SMILES string of the molecule is COOSN1CCC(C(=O)N(CCCN2CCC(Cc3ccc(S(=O)(=O)NCCCO)cc3)CC2)c2ccc(Cl)c(Cl)c2)CC1. The number of carbonyl (C=O) groups excluding carboxylic acids is 1. The fourth-order valence-electron chi connectivity index (χ4n) is 5.86. The molecule has 45 heavy (non-hydrogen) atoms. The number of likely N-dealkylation sites (tertiary alicyclic amines) is 1. The molecule has 2 fully saturated rings. The summed E-state index contributed by atoms with van der Waals surface area (Å²) >= 11 is 13.7. The van der Waals surface area contributed by atoms with Crippen LogP contribution in [0.4, 0.5) is 5.69 Å². The van der Waals surface area contributed by atoms with Crippen molar-refractivity contribution in [2.24, 2.45) is 11.8 Å². The molecular formula is C31H44Cl2N4O6S2. The number of aliphatic hydroxyl groups is 1. The molecule has 4 rings (SSSR count). The second-order valence-electron chi connectivity index (χ2n) is 11.6. The Hall–Kier alpha value is -1.45. The molecule has 2 N–H and O–H groups in total. The number of carbonyl (C=O) groups is 1. The minimum atomic E-state index is -3.56.